The number of fused-ring (bicyclic) bond motifs is 7. The lowest BCUT2D eigenvalue weighted by atomic mass is 9.79. The summed E-state index contributed by atoms with van der Waals surface area (Å²) in [7, 11) is -0.435. The number of para-hydroxylation sites is 1. The van der Waals surface area contributed by atoms with Gasteiger partial charge in [-0.05, 0) is 105 Å². The second-order valence-corrected chi connectivity index (χ2v) is 15.9. The highest BCUT2D eigenvalue weighted by atomic mass is 32.1. The molecule has 1 fully saturated rings. The minimum absolute atomic E-state index is 0.411. The average Bonchev–Trinajstić information content (AvgIpc) is 3.77. The number of nitrogens with zero attached hydrogens (tertiary/aromatic N) is 2. The van der Waals surface area contributed by atoms with E-state index in [1.54, 1.807) is 0 Å². The minimum atomic E-state index is -0.435. The average molecular weight is 693 g/mol. The number of aromatic nitrogens is 1. The van der Waals surface area contributed by atoms with Gasteiger partial charge in [-0.3, -0.25) is 0 Å². The molecule has 9 aromatic rings. The molecule has 0 radical (unpaired) electrons. The molecule has 0 aliphatic carbocycles. The van der Waals surface area contributed by atoms with Crippen LogP contribution in [0.4, 0.5) is 17.1 Å². The molecule has 0 atom stereocenters. The predicted molar refractivity (Wildman–Crippen MR) is 222 cm³/mol. The fraction of sp³-hybridized carbons (Fsp3) is 0.130. The van der Waals surface area contributed by atoms with Crippen LogP contribution in [0.3, 0.4) is 0 Å². The summed E-state index contributed by atoms with van der Waals surface area (Å²) in [6.07, 6.45) is 0. The van der Waals surface area contributed by atoms with Crippen molar-refractivity contribution in [1.82, 2.24) is 4.57 Å². The van der Waals surface area contributed by atoms with Gasteiger partial charge >= 0.3 is 7.12 Å². The van der Waals surface area contributed by atoms with Crippen molar-refractivity contribution in [3.05, 3.63) is 152 Å². The van der Waals surface area contributed by atoms with Crippen molar-refractivity contribution in [2.45, 2.75) is 38.9 Å². The first-order chi connectivity index (χ1) is 25.3. The number of rotatable bonds is 5. The van der Waals surface area contributed by atoms with Gasteiger partial charge in [0, 0.05) is 53.4 Å². The van der Waals surface area contributed by atoms with E-state index in [1.807, 2.05) is 11.3 Å². The van der Waals surface area contributed by atoms with Gasteiger partial charge in [-0.15, -0.1) is 11.3 Å². The Morgan fingerprint density at radius 1 is 0.519 bits per heavy atom. The lowest BCUT2D eigenvalue weighted by molar-refractivity contribution is 0.00578. The number of thiophene rings is 1. The van der Waals surface area contributed by atoms with Gasteiger partial charge in [0.25, 0.3) is 0 Å². The topological polar surface area (TPSA) is 26.6 Å². The molecule has 0 amide bonds. The molecule has 0 saturated carbocycles. The quantitative estimate of drug-likeness (QED) is 0.168. The summed E-state index contributed by atoms with van der Waals surface area (Å²) in [5.41, 5.74) is 6.95. The number of hydrogen-bond acceptors (Lipinski definition) is 4. The highest BCUT2D eigenvalue weighted by molar-refractivity contribution is 7.25. The molecule has 0 unspecified atom stereocenters. The first-order valence-electron chi connectivity index (χ1n) is 17.9. The molecule has 0 N–H and O–H groups in total. The zero-order valence-corrected chi connectivity index (χ0v) is 30.4. The molecule has 1 saturated heterocycles. The van der Waals surface area contributed by atoms with Crippen LogP contribution in [0.25, 0.3) is 58.4 Å². The Kier molecular flexibility index (Phi) is 6.97. The summed E-state index contributed by atoms with van der Waals surface area (Å²) in [6, 6.07) is 55.1. The zero-order valence-electron chi connectivity index (χ0n) is 29.6. The third-order valence-electron chi connectivity index (χ3n) is 11.2. The van der Waals surface area contributed by atoms with Crippen molar-refractivity contribution in [3.8, 4) is 5.69 Å². The molecule has 0 bridgehead atoms. The lowest BCUT2D eigenvalue weighted by Gasteiger charge is -2.32. The molecular formula is C46H37BN2O2S. The molecular weight excluding hydrogens is 655 g/mol. The van der Waals surface area contributed by atoms with E-state index in [-0.39, 0.29) is 0 Å². The van der Waals surface area contributed by atoms with E-state index in [0.717, 1.165) is 39.2 Å². The van der Waals surface area contributed by atoms with Crippen LogP contribution in [0.5, 0.6) is 0 Å². The molecule has 10 rings (SSSR count). The second kappa shape index (κ2) is 11.6. The Morgan fingerprint density at radius 2 is 1.15 bits per heavy atom. The molecule has 6 heteroatoms. The van der Waals surface area contributed by atoms with Crippen molar-refractivity contribution < 1.29 is 9.31 Å². The SMILES string of the molecule is CC1(C)OB(c2ccc3c4ccccc4n(-c4ccc(N(c5ccc6sc7ccccc7c6c5)c5cccc6ccccc56)cc4)c3c2)OC1(C)C. The largest absolute Gasteiger partial charge is 0.494 e. The van der Waals surface area contributed by atoms with Gasteiger partial charge in [-0.2, -0.15) is 0 Å². The normalized spacial score (nSPS) is 15.4. The van der Waals surface area contributed by atoms with Gasteiger partial charge < -0.3 is 18.8 Å². The fourth-order valence-electron chi connectivity index (χ4n) is 7.83. The van der Waals surface area contributed by atoms with Crippen molar-refractivity contribution in [3.63, 3.8) is 0 Å². The van der Waals surface area contributed by atoms with Gasteiger partial charge in [-0.1, -0.05) is 84.9 Å². The third-order valence-corrected chi connectivity index (χ3v) is 12.4. The lowest BCUT2D eigenvalue weighted by Crippen LogP contribution is -2.41. The minimum Gasteiger partial charge on any atom is -0.399 e. The maximum atomic E-state index is 6.48. The standard InChI is InChI=1S/C46H37BN2O2S/c1-45(2)46(3,4)51-47(50-45)31-20-26-37-36-15-7-9-17-41(36)49(42(37)28-31)33-23-21-32(22-24-33)48(40-18-11-13-30-12-5-6-14-35(30)40)34-25-27-44-39(29-34)38-16-8-10-19-43(38)52-44/h5-29H,1-4H3. The summed E-state index contributed by atoms with van der Waals surface area (Å²) in [5.74, 6) is 0. The van der Waals surface area contributed by atoms with Crippen LogP contribution >= 0.6 is 11.3 Å². The Labute approximate surface area is 307 Å². The van der Waals surface area contributed by atoms with Crippen LogP contribution < -0.4 is 10.4 Å². The fourth-order valence-corrected chi connectivity index (χ4v) is 8.91. The first-order valence-corrected chi connectivity index (χ1v) is 18.8. The molecule has 0 spiro atoms. The highest BCUT2D eigenvalue weighted by Crippen LogP contribution is 2.43. The monoisotopic (exact) mass is 692 g/mol. The Balaban J connectivity index is 1.13. The maximum Gasteiger partial charge on any atom is 0.494 e. The van der Waals surface area contributed by atoms with E-state index < -0.39 is 18.3 Å². The van der Waals surface area contributed by atoms with E-state index in [4.69, 9.17) is 9.31 Å². The smallest absolute Gasteiger partial charge is 0.399 e. The van der Waals surface area contributed by atoms with Crippen LogP contribution in [-0.4, -0.2) is 22.9 Å². The molecule has 1 aliphatic heterocycles. The first kappa shape index (κ1) is 31.3. The molecule has 4 nitrogen and oxygen atoms in total. The Hall–Kier alpha value is -5.40. The number of hydrogen-bond donors (Lipinski definition) is 0. The van der Waals surface area contributed by atoms with Crippen LogP contribution in [0, 0.1) is 0 Å². The number of benzene rings is 7. The van der Waals surface area contributed by atoms with Gasteiger partial charge in [0.05, 0.1) is 27.9 Å². The zero-order chi connectivity index (χ0) is 35.2. The molecule has 3 heterocycles. The van der Waals surface area contributed by atoms with Crippen molar-refractivity contribution in [1.29, 1.82) is 0 Å². The van der Waals surface area contributed by atoms with E-state index in [1.165, 1.54) is 41.7 Å². The molecule has 7 aromatic carbocycles. The molecule has 252 valence electrons. The summed E-state index contributed by atoms with van der Waals surface area (Å²) in [4.78, 5) is 2.40. The summed E-state index contributed by atoms with van der Waals surface area (Å²) >= 11 is 1.85. The van der Waals surface area contributed by atoms with E-state index >= 15 is 0 Å². The summed E-state index contributed by atoms with van der Waals surface area (Å²) in [6.45, 7) is 8.41. The van der Waals surface area contributed by atoms with E-state index in [2.05, 4.69) is 189 Å². The third kappa shape index (κ3) is 4.82. The molecule has 52 heavy (non-hydrogen) atoms. The van der Waals surface area contributed by atoms with Crippen LogP contribution in [0.2, 0.25) is 0 Å². The van der Waals surface area contributed by atoms with Gasteiger partial charge in [0.1, 0.15) is 0 Å². The van der Waals surface area contributed by atoms with Crippen molar-refractivity contribution >= 4 is 93.7 Å². The van der Waals surface area contributed by atoms with E-state index in [0.29, 0.717) is 0 Å². The number of anilines is 3. The molecule has 1 aliphatic rings. The van der Waals surface area contributed by atoms with Crippen LogP contribution in [-0.2, 0) is 9.31 Å². The van der Waals surface area contributed by atoms with Crippen molar-refractivity contribution in [2.75, 3.05) is 4.90 Å². The van der Waals surface area contributed by atoms with Gasteiger partial charge in [-0.25, -0.2) is 0 Å². The predicted octanol–water partition coefficient (Wildman–Crippen LogP) is 12.1. The second-order valence-electron chi connectivity index (χ2n) is 14.8. The summed E-state index contributed by atoms with van der Waals surface area (Å²) < 4.78 is 17.9. The maximum absolute atomic E-state index is 6.48. The Bertz CT molecular complexity index is 2810. The molecule has 2 aromatic heterocycles. The summed E-state index contributed by atoms with van der Waals surface area (Å²) in [5, 5.41) is 7.42. The highest BCUT2D eigenvalue weighted by Gasteiger charge is 2.51. The van der Waals surface area contributed by atoms with Crippen LogP contribution in [0.15, 0.2) is 152 Å². The van der Waals surface area contributed by atoms with Crippen LogP contribution in [0.1, 0.15) is 27.7 Å². The Morgan fingerprint density at radius 3 is 1.96 bits per heavy atom. The van der Waals surface area contributed by atoms with Crippen molar-refractivity contribution in [2.24, 2.45) is 0 Å². The van der Waals surface area contributed by atoms with E-state index in [9.17, 15) is 0 Å². The van der Waals surface area contributed by atoms with Gasteiger partial charge in [0.15, 0.2) is 0 Å². The van der Waals surface area contributed by atoms with Gasteiger partial charge in [0.2, 0.25) is 0 Å².